The fourth-order valence-electron chi connectivity index (χ4n) is 2.99. The Morgan fingerprint density at radius 1 is 1.14 bits per heavy atom. The van der Waals surface area contributed by atoms with Crippen LogP contribution in [0.25, 0.3) is 0 Å². The van der Waals surface area contributed by atoms with Gasteiger partial charge in [-0.1, -0.05) is 30.3 Å². The zero-order chi connectivity index (χ0) is 14.7. The predicted octanol–water partition coefficient (Wildman–Crippen LogP) is 1.78. The minimum absolute atomic E-state index is 0.0973. The number of hydrogen-bond acceptors (Lipinski definition) is 3. The molecule has 1 atom stereocenters. The molecule has 1 heterocycles. The summed E-state index contributed by atoms with van der Waals surface area (Å²) < 4.78 is 27.0. The molecule has 0 amide bonds. The summed E-state index contributed by atoms with van der Waals surface area (Å²) in [5.41, 5.74) is 1.35. The van der Waals surface area contributed by atoms with Crippen LogP contribution >= 0.6 is 0 Å². The van der Waals surface area contributed by atoms with Crippen molar-refractivity contribution < 1.29 is 8.42 Å². The van der Waals surface area contributed by atoms with Gasteiger partial charge in [-0.15, -0.1) is 0 Å². The zero-order valence-electron chi connectivity index (χ0n) is 12.4. The van der Waals surface area contributed by atoms with Crippen LogP contribution in [0.4, 0.5) is 0 Å². The van der Waals surface area contributed by atoms with E-state index in [9.17, 15) is 8.42 Å². The van der Waals surface area contributed by atoms with Crippen molar-refractivity contribution in [3.8, 4) is 0 Å². The van der Waals surface area contributed by atoms with E-state index in [4.69, 9.17) is 0 Å². The van der Waals surface area contributed by atoms with E-state index in [1.54, 1.807) is 0 Å². The fraction of sp³-hybridized carbons (Fsp3) is 0.625. The van der Waals surface area contributed by atoms with Crippen molar-refractivity contribution in [1.29, 1.82) is 0 Å². The summed E-state index contributed by atoms with van der Waals surface area (Å²) in [5, 5.41) is -0.114. The van der Waals surface area contributed by atoms with E-state index < -0.39 is 10.0 Å². The van der Waals surface area contributed by atoms with Crippen LogP contribution in [-0.2, 0) is 16.4 Å². The highest BCUT2D eigenvalue weighted by Gasteiger charge is 2.37. The molecule has 116 valence electrons. The van der Waals surface area contributed by atoms with Crippen molar-refractivity contribution in [3.05, 3.63) is 35.9 Å². The SMILES string of the molecule is O=S(=O)(NC1CCCN(CCc2ccccc2)C1)C1CC1. The van der Waals surface area contributed by atoms with Crippen LogP contribution in [0.1, 0.15) is 31.2 Å². The smallest absolute Gasteiger partial charge is 0.214 e. The Hall–Kier alpha value is -0.910. The monoisotopic (exact) mass is 308 g/mol. The molecule has 0 bridgehead atoms. The summed E-state index contributed by atoms with van der Waals surface area (Å²) in [6, 6.07) is 10.6. The predicted molar refractivity (Wildman–Crippen MR) is 84.7 cm³/mol. The Kier molecular flexibility index (Phi) is 4.62. The summed E-state index contributed by atoms with van der Waals surface area (Å²) in [5.74, 6) is 0. The van der Waals surface area contributed by atoms with Crippen LogP contribution in [0.15, 0.2) is 30.3 Å². The molecule has 5 heteroatoms. The number of benzene rings is 1. The van der Waals surface area contributed by atoms with Crippen LogP contribution in [0, 0.1) is 0 Å². The Bertz CT molecular complexity index is 555. The second kappa shape index (κ2) is 6.46. The highest BCUT2D eigenvalue weighted by Crippen LogP contribution is 2.28. The number of nitrogens with one attached hydrogen (secondary N) is 1. The standard InChI is InChI=1S/C16H24N2O2S/c19-21(20,16-8-9-16)17-15-7-4-11-18(13-15)12-10-14-5-2-1-3-6-14/h1-3,5-6,15-17H,4,7-13H2. The number of nitrogens with zero attached hydrogens (tertiary/aromatic N) is 1. The van der Waals surface area contributed by atoms with Gasteiger partial charge in [0.15, 0.2) is 0 Å². The lowest BCUT2D eigenvalue weighted by Gasteiger charge is -2.33. The third kappa shape index (κ3) is 4.28. The first kappa shape index (κ1) is 15.0. The second-order valence-electron chi connectivity index (χ2n) is 6.24. The molecular weight excluding hydrogens is 284 g/mol. The van der Waals surface area contributed by atoms with Crippen molar-refractivity contribution in [3.63, 3.8) is 0 Å². The molecule has 2 aliphatic rings. The molecule has 3 rings (SSSR count). The lowest BCUT2D eigenvalue weighted by atomic mass is 10.1. The van der Waals surface area contributed by atoms with Gasteiger partial charge in [0, 0.05) is 19.1 Å². The number of likely N-dealkylation sites (tertiary alicyclic amines) is 1. The molecular formula is C16H24N2O2S. The molecule has 0 radical (unpaired) electrons. The van der Waals surface area contributed by atoms with Crippen molar-refractivity contribution in [2.24, 2.45) is 0 Å². The molecule has 1 aromatic carbocycles. The summed E-state index contributed by atoms with van der Waals surface area (Å²) in [4.78, 5) is 2.39. The normalized spacial score (nSPS) is 24.1. The molecule has 0 aromatic heterocycles. The van der Waals surface area contributed by atoms with Gasteiger partial charge >= 0.3 is 0 Å². The Balaban J connectivity index is 1.49. The van der Waals surface area contributed by atoms with Gasteiger partial charge in [-0.2, -0.15) is 0 Å². The van der Waals surface area contributed by atoms with E-state index >= 15 is 0 Å². The molecule has 1 unspecified atom stereocenters. The number of piperidine rings is 1. The topological polar surface area (TPSA) is 49.4 Å². The summed E-state index contributed by atoms with van der Waals surface area (Å²) in [6.45, 7) is 2.93. The lowest BCUT2D eigenvalue weighted by Crippen LogP contribution is -2.48. The molecule has 1 aliphatic carbocycles. The van der Waals surface area contributed by atoms with Gasteiger partial charge in [0.05, 0.1) is 5.25 Å². The third-order valence-corrected chi connectivity index (χ3v) is 6.37. The van der Waals surface area contributed by atoms with E-state index in [2.05, 4.69) is 33.9 Å². The van der Waals surface area contributed by atoms with Crippen LogP contribution < -0.4 is 4.72 Å². The first-order valence-corrected chi connectivity index (χ1v) is 9.45. The Morgan fingerprint density at radius 3 is 2.62 bits per heavy atom. The zero-order valence-corrected chi connectivity index (χ0v) is 13.2. The van der Waals surface area contributed by atoms with Gasteiger partial charge in [-0.05, 0) is 44.2 Å². The Labute approximate surface area is 127 Å². The van der Waals surface area contributed by atoms with Gasteiger partial charge in [0.25, 0.3) is 0 Å². The Morgan fingerprint density at radius 2 is 1.90 bits per heavy atom. The molecule has 1 N–H and O–H groups in total. The van der Waals surface area contributed by atoms with Gasteiger partial charge in [0.2, 0.25) is 10.0 Å². The minimum Gasteiger partial charge on any atom is -0.301 e. The summed E-state index contributed by atoms with van der Waals surface area (Å²) in [6.07, 6.45) is 4.74. The fourth-order valence-corrected chi connectivity index (χ4v) is 4.60. The van der Waals surface area contributed by atoms with Gasteiger partial charge in [-0.3, -0.25) is 0 Å². The lowest BCUT2D eigenvalue weighted by molar-refractivity contribution is 0.204. The van der Waals surface area contributed by atoms with Crippen LogP contribution in [0.3, 0.4) is 0 Å². The maximum Gasteiger partial charge on any atom is 0.214 e. The number of hydrogen-bond donors (Lipinski definition) is 1. The van der Waals surface area contributed by atoms with E-state index in [0.717, 1.165) is 51.7 Å². The van der Waals surface area contributed by atoms with E-state index in [-0.39, 0.29) is 11.3 Å². The van der Waals surface area contributed by atoms with Gasteiger partial charge in [-0.25, -0.2) is 13.1 Å². The summed E-state index contributed by atoms with van der Waals surface area (Å²) in [7, 11) is -3.05. The average Bonchev–Trinajstić information content (AvgIpc) is 3.31. The van der Waals surface area contributed by atoms with E-state index in [1.165, 1.54) is 5.56 Å². The molecule has 1 saturated carbocycles. The van der Waals surface area contributed by atoms with Crippen LogP contribution in [0.5, 0.6) is 0 Å². The summed E-state index contributed by atoms with van der Waals surface area (Å²) >= 11 is 0. The average molecular weight is 308 g/mol. The van der Waals surface area contributed by atoms with Gasteiger partial charge < -0.3 is 4.90 Å². The molecule has 0 spiro atoms. The van der Waals surface area contributed by atoms with Crippen LogP contribution in [0.2, 0.25) is 0 Å². The number of rotatable bonds is 6. The van der Waals surface area contributed by atoms with Gasteiger partial charge in [0.1, 0.15) is 0 Å². The second-order valence-corrected chi connectivity index (χ2v) is 8.23. The molecule has 1 aromatic rings. The molecule has 21 heavy (non-hydrogen) atoms. The van der Waals surface area contributed by atoms with Crippen molar-refractivity contribution >= 4 is 10.0 Å². The molecule has 1 saturated heterocycles. The molecule has 2 fully saturated rings. The number of sulfonamides is 1. The van der Waals surface area contributed by atoms with Crippen molar-refractivity contribution in [2.45, 2.75) is 43.4 Å². The quantitative estimate of drug-likeness (QED) is 0.871. The third-order valence-electron chi connectivity index (χ3n) is 4.36. The van der Waals surface area contributed by atoms with Crippen LogP contribution in [-0.4, -0.2) is 44.2 Å². The first-order valence-electron chi connectivity index (χ1n) is 7.91. The van der Waals surface area contributed by atoms with E-state index in [0.29, 0.717) is 0 Å². The first-order chi connectivity index (χ1) is 10.1. The largest absolute Gasteiger partial charge is 0.301 e. The maximum absolute atomic E-state index is 12.0. The highest BCUT2D eigenvalue weighted by atomic mass is 32.2. The highest BCUT2D eigenvalue weighted by molar-refractivity contribution is 7.90. The minimum atomic E-state index is -3.05. The van der Waals surface area contributed by atoms with E-state index in [1.807, 2.05) is 6.07 Å². The van der Waals surface area contributed by atoms with Crippen molar-refractivity contribution in [2.75, 3.05) is 19.6 Å². The molecule has 4 nitrogen and oxygen atoms in total. The molecule has 1 aliphatic heterocycles. The maximum atomic E-state index is 12.0. The van der Waals surface area contributed by atoms with Crippen molar-refractivity contribution in [1.82, 2.24) is 9.62 Å².